The molecule has 0 unspecified atom stereocenters. The maximum absolute atomic E-state index is 11.3. The van der Waals surface area contributed by atoms with Crippen LogP contribution in [-0.2, 0) is 14.3 Å². The molecule has 0 spiro atoms. The van der Waals surface area contributed by atoms with Crippen LogP contribution < -0.4 is 9.47 Å². The Hall–Kier alpha value is -2.26. The van der Waals surface area contributed by atoms with Gasteiger partial charge in [-0.3, -0.25) is 0 Å². The van der Waals surface area contributed by atoms with Crippen molar-refractivity contribution in [2.24, 2.45) is 0 Å². The second-order valence-corrected chi connectivity index (χ2v) is 5.41. The van der Waals surface area contributed by atoms with E-state index in [0.29, 0.717) is 24.7 Å². The van der Waals surface area contributed by atoms with E-state index in [1.165, 1.54) is 7.11 Å². The molecule has 0 saturated heterocycles. The fraction of sp³-hybridized carbons (Fsp3) is 0.529. The predicted molar refractivity (Wildman–Crippen MR) is 82.2 cm³/mol. The Labute approximate surface area is 135 Å². The van der Waals surface area contributed by atoms with Crippen molar-refractivity contribution in [3.05, 3.63) is 24.3 Å². The van der Waals surface area contributed by atoms with E-state index >= 15 is 0 Å². The van der Waals surface area contributed by atoms with Gasteiger partial charge >= 0.3 is 5.97 Å². The normalized spacial score (nSPS) is 16.6. The molecule has 6 nitrogen and oxygen atoms in total. The van der Waals surface area contributed by atoms with Crippen LogP contribution in [0, 0.1) is 11.3 Å². The minimum absolute atomic E-state index is 0.377. The lowest BCUT2D eigenvalue weighted by Crippen LogP contribution is -2.39. The Morgan fingerprint density at radius 3 is 2.43 bits per heavy atom. The molecule has 0 N–H and O–H groups in total. The summed E-state index contributed by atoms with van der Waals surface area (Å²) in [5.41, 5.74) is -0.592. The number of hydrogen-bond donors (Lipinski definition) is 0. The molecule has 0 amide bonds. The van der Waals surface area contributed by atoms with Crippen LogP contribution in [0.15, 0.2) is 24.3 Å². The average Bonchev–Trinajstić information content (AvgIpc) is 2.54. The fourth-order valence-electron chi connectivity index (χ4n) is 2.22. The van der Waals surface area contributed by atoms with Crippen LogP contribution >= 0.6 is 0 Å². The number of hydrogen-bond acceptors (Lipinski definition) is 6. The van der Waals surface area contributed by atoms with Crippen molar-refractivity contribution in [1.82, 2.24) is 0 Å². The molecule has 1 aromatic carbocycles. The molecule has 23 heavy (non-hydrogen) atoms. The summed E-state index contributed by atoms with van der Waals surface area (Å²) in [7, 11) is 1.32. The minimum Gasteiger partial charge on any atom is -0.491 e. The molecule has 2 rings (SSSR count). The molecule has 1 aliphatic rings. The predicted octanol–water partition coefficient (Wildman–Crippen LogP) is 2.47. The smallest absolute Gasteiger partial charge is 0.346 e. The molecule has 0 radical (unpaired) electrons. The molecular formula is C17H21NO5. The highest BCUT2D eigenvalue weighted by Crippen LogP contribution is 2.34. The minimum atomic E-state index is -0.662. The SMILES string of the molecule is COC(=O)[C@H](C)Oc1ccc(OCCOC2(C#N)CCC2)cc1. The van der Waals surface area contributed by atoms with Crippen molar-refractivity contribution in [2.45, 2.75) is 37.9 Å². The largest absolute Gasteiger partial charge is 0.491 e. The molecule has 124 valence electrons. The Kier molecular flexibility index (Phi) is 5.83. The lowest BCUT2D eigenvalue weighted by Gasteiger charge is -2.34. The monoisotopic (exact) mass is 319 g/mol. The first-order valence-corrected chi connectivity index (χ1v) is 7.61. The number of nitriles is 1. The van der Waals surface area contributed by atoms with E-state index in [-0.39, 0.29) is 0 Å². The molecule has 1 atom stereocenters. The van der Waals surface area contributed by atoms with Gasteiger partial charge in [0.05, 0.1) is 19.8 Å². The number of ether oxygens (including phenoxy) is 4. The lowest BCUT2D eigenvalue weighted by molar-refractivity contribution is -0.147. The van der Waals surface area contributed by atoms with Crippen molar-refractivity contribution in [3.8, 4) is 17.6 Å². The Balaban J connectivity index is 1.72. The highest BCUT2D eigenvalue weighted by molar-refractivity contribution is 5.74. The molecule has 1 fully saturated rings. The number of carbonyl (C=O) groups is 1. The molecular weight excluding hydrogens is 298 g/mol. The van der Waals surface area contributed by atoms with Gasteiger partial charge in [0.2, 0.25) is 0 Å². The molecule has 0 aliphatic heterocycles. The number of carbonyl (C=O) groups excluding carboxylic acids is 1. The van der Waals surface area contributed by atoms with Gasteiger partial charge in [-0.1, -0.05) is 0 Å². The summed E-state index contributed by atoms with van der Waals surface area (Å²) in [6.45, 7) is 2.38. The van der Waals surface area contributed by atoms with Crippen LogP contribution in [0.3, 0.4) is 0 Å². The van der Waals surface area contributed by atoms with Gasteiger partial charge in [0.25, 0.3) is 0 Å². The second kappa shape index (κ2) is 7.84. The third kappa shape index (κ3) is 4.60. The Morgan fingerprint density at radius 1 is 1.26 bits per heavy atom. The standard InChI is InChI=1S/C17H21NO5/c1-13(16(19)20-2)23-15-6-4-14(5-7-15)21-10-11-22-17(12-18)8-3-9-17/h4-7,13H,3,8-11H2,1-2H3/t13-/m0/s1. The second-order valence-electron chi connectivity index (χ2n) is 5.41. The lowest BCUT2D eigenvalue weighted by atomic mass is 9.81. The van der Waals surface area contributed by atoms with Gasteiger partial charge < -0.3 is 18.9 Å². The van der Waals surface area contributed by atoms with Crippen LogP contribution in [0.5, 0.6) is 11.5 Å². The van der Waals surface area contributed by atoms with E-state index in [2.05, 4.69) is 10.8 Å². The third-order valence-corrected chi connectivity index (χ3v) is 3.77. The first-order valence-electron chi connectivity index (χ1n) is 7.61. The van der Waals surface area contributed by atoms with E-state index < -0.39 is 17.7 Å². The quantitative estimate of drug-likeness (QED) is 0.541. The maximum Gasteiger partial charge on any atom is 0.346 e. The molecule has 0 heterocycles. The number of rotatable bonds is 8. The van der Waals surface area contributed by atoms with Crippen LogP contribution in [-0.4, -0.2) is 38.0 Å². The summed E-state index contributed by atoms with van der Waals surface area (Å²) in [5.74, 6) is 0.806. The number of benzene rings is 1. The first kappa shape index (κ1) is 17.1. The number of methoxy groups -OCH3 is 1. The van der Waals surface area contributed by atoms with E-state index in [0.717, 1.165) is 19.3 Å². The van der Waals surface area contributed by atoms with Crippen molar-refractivity contribution >= 4 is 5.97 Å². The van der Waals surface area contributed by atoms with Crippen molar-refractivity contribution in [3.63, 3.8) is 0 Å². The van der Waals surface area contributed by atoms with Crippen LogP contribution in [0.25, 0.3) is 0 Å². The zero-order chi connectivity index (χ0) is 16.7. The average molecular weight is 319 g/mol. The third-order valence-electron chi connectivity index (χ3n) is 3.77. The summed E-state index contributed by atoms with van der Waals surface area (Å²) < 4.78 is 21.2. The molecule has 0 bridgehead atoms. The van der Waals surface area contributed by atoms with Gasteiger partial charge in [0.1, 0.15) is 18.1 Å². The van der Waals surface area contributed by atoms with Gasteiger partial charge in [-0.15, -0.1) is 0 Å². The highest BCUT2D eigenvalue weighted by Gasteiger charge is 2.38. The van der Waals surface area contributed by atoms with E-state index in [1.807, 2.05) is 0 Å². The Morgan fingerprint density at radius 2 is 1.91 bits per heavy atom. The molecule has 1 aliphatic carbocycles. The maximum atomic E-state index is 11.3. The summed E-state index contributed by atoms with van der Waals surface area (Å²) in [6, 6.07) is 9.17. The Bertz CT molecular complexity index is 559. The van der Waals surface area contributed by atoms with Gasteiger partial charge in [-0.25, -0.2) is 4.79 Å². The summed E-state index contributed by atoms with van der Waals surface area (Å²) in [4.78, 5) is 11.3. The summed E-state index contributed by atoms with van der Waals surface area (Å²) >= 11 is 0. The van der Waals surface area contributed by atoms with Gasteiger partial charge in [-0.05, 0) is 50.5 Å². The molecule has 6 heteroatoms. The topological polar surface area (TPSA) is 77.8 Å². The van der Waals surface area contributed by atoms with Gasteiger partial charge in [0, 0.05) is 0 Å². The summed E-state index contributed by atoms with van der Waals surface area (Å²) in [6.07, 6.45) is 1.98. The van der Waals surface area contributed by atoms with E-state index in [1.54, 1.807) is 31.2 Å². The van der Waals surface area contributed by atoms with E-state index in [9.17, 15) is 4.79 Å². The number of esters is 1. The highest BCUT2D eigenvalue weighted by atomic mass is 16.6. The van der Waals surface area contributed by atoms with Crippen molar-refractivity contribution in [2.75, 3.05) is 20.3 Å². The van der Waals surface area contributed by atoms with Crippen molar-refractivity contribution < 1.29 is 23.7 Å². The number of nitrogens with zero attached hydrogens (tertiary/aromatic N) is 1. The van der Waals surface area contributed by atoms with Gasteiger partial charge in [0.15, 0.2) is 11.7 Å². The van der Waals surface area contributed by atoms with Crippen molar-refractivity contribution in [1.29, 1.82) is 5.26 Å². The van der Waals surface area contributed by atoms with Crippen LogP contribution in [0.4, 0.5) is 0 Å². The molecule has 1 saturated carbocycles. The molecule has 0 aromatic heterocycles. The fourth-order valence-corrected chi connectivity index (χ4v) is 2.22. The zero-order valence-corrected chi connectivity index (χ0v) is 13.4. The summed E-state index contributed by atoms with van der Waals surface area (Å²) in [5, 5.41) is 9.05. The van der Waals surface area contributed by atoms with Crippen LogP contribution in [0.1, 0.15) is 26.2 Å². The van der Waals surface area contributed by atoms with Gasteiger partial charge in [-0.2, -0.15) is 5.26 Å². The zero-order valence-electron chi connectivity index (χ0n) is 13.4. The van der Waals surface area contributed by atoms with Crippen LogP contribution in [0.2, 0.25) is 0 Å². The first-order chi connectivity index (χ1) is 11.1. The molecule has 1 aromatic rings. The van der Waals surface area contributed by atoms with E-state index in [4.69, 9.17) is 19.5 Å².